The molecule has 0 amide bonds. The second-order valence-corrected chi connectivity index (χ2v) is 6.31. The molecule has 0 spiro atoms. The second kappa shape index (κ2) is 7.53. The fraction of sp³-hybridized carbons (Fsp3) is 0.625. The number of hydrogen-bond acceptors (Lipinski definition) is 2. The van der Waals surface area contributed by atoms with Crippen molar-refractivity contribution in [1.29, 1.82) is 0 Å². The molecule has 4 heteroatoms. The van der Waals surface area contributed by atoms with Gasteiger partial charge in [0.2, 0.25) is 0 Å². The topological polar surface area (TPSA) is 21.3 Å². The molecule has 20 heavy (non-hydrogen) atoms. The molecule has 2 unspecified atom stereocenters. The van der Waals surface area contributed by atoms with Crippen molar-refractivity contribution in [3.05, 3.63) is 34.1 Å². The molecular weight excluding hydrogens is 321 g/mol. The summed E-state index contributed by atoms with van der Waals surface area (Å²) in [5, 5.41) is 3.57. The lowest BCUT2D eigenvalue weighted by molar-refractivity contribution is 0.0510. The first kappa shape index (κ1) is 15.9. The van der Waals surface area contributed by atoms with E-state index in [2.05, 4.69) is 28.2 Å². The van der Waals surface area contributed by atoms with Crippen molar-refractivity contribution < 1.29 is 9.13 Å². The molecule has 1 saturated carbocycles. The summed E-state index contributed by atoms with van der Waals surface area (Å²) < 4.78 is 19.9. The van der Waals surface area contributed by atoms with E-state index in [4.69, 9.17) is 4.74 Å². The predicted octanol–water partition coefficient (Wildman–Crippen LogP) is 3.92. The molecule has 0 heterocycles. The number of benzene rings is 1. The molecule has 112 valence electrons. The molecular formula is C16H23BrFNO. The maximum atomic E-state index is 13.6. The zero-order valence-corrected chi connectivity index (χ0v) is 13.7. The Kier molecular flexibility index (Phi) is 6.00. The molecule has 0 radical (unpaired) electrons. The third-order valence-electron chi connectivity index (χ3n) is 3.88. The second-order valence-electron chi connectivity index (χ2n) is 5.52. The van der Waals surface area contributed by atoms with Crippen LogP contribution in [0.2, 0.25) is 0 Å². The average Bonchev–Trinajstić information content (AvgIpc) is 3.26. The van der Waals surface area contributed by atoms with E-state index in [1.54, 1.807) is 13.2 Å². The Labute approximate surface area is 129 Å². The zero-order valence-electron chi connectivity index (χ0n) is 12.2. The first-order valence-electron chi connectivity index (χ1n) is 7.36. The van der Waals surface area contributed by atoms with E-state index in [1.165, 1.54) is 18.9 Å². The van der Waals surface area contributed by atoms with Crippen molar-refractivity contribution in [2.75, 3.05) is 13.7 Å². The van der Waals surface area contributed by atoms with Crippen LogP contribution in [-0.2, 0) is 11.2 Å². The molecule has 1 aromatic carbocycles. The Morgan fingerprint density at radius 2 is 2.20 bits per heavy atom. The van der Waals surface area contributed by atoms with E-state index in [9.17, 15) is 4.39 Å². The molecule has 1 aliphatic rings. The van der Waals surface area contributed by atoms with Gasteiger partial charge in [-0.2, -0.15) is 0 Å². The molecule has 0 saturated heterocycles. The third-order valence-corrected chi connectivity index (χ3v) is 4.77. The SMILES string of the molecule is CCCNC(Cc1cccc(F)c1Br)C(OC)C1CC1. The Morgan fingerprint density at radius 1 is 1.45 bits per heavy atom. The Hall–Kier alpha value is -0.450. The van der Waals surface area contributed by atoms with Gasteiger partial charge in [0.05, 0.1) is 10.6 Å². The molecule has 0 aliphatic heterocycles. The maximum absolute atomic E-state index is 13.6. The van der Waals surface area contributed by atoms with Crippen molar-refractivity contribution in [2.24, 2.45) is 5.92 Å². The molecule has 2 rings (SSSR count). The standard InChI is InChI=1S/C16H23BrFNO/c1-3-9-19-14(16(20-2)11-7-8-11)10-12-5-4-6-13(18)15(12)17/h4-6,11,14,16,19H,3,7-10H2,1-2H3. The number of nitrogens with one attached hydrogen (secondary N) is 1. The van der Waals surface area contributed by atoms with Crippen LogP contribution in [0.15, 0.2) is 22.7 Å². The van der Waals surface area contributed by atoms with Gasteiger partial charge in [-0.05, 0) is 65.7 Å². The highest BCUT2D eigenvalue weighted by Crippen LogP contribution is 2.36. The largest absolute Gasteiger partial charge is 0.380 e. The lowest BCUT2D eigenvalue weighted by Gasteiger charge is -2.27. The van der Waals surface area contributed by atoms with Crippen LogP contribution in [0.3, 0.4) is 0 Å². The van der Waals surface area contributed by atoms with Gasteiger partial charge in [0.1, 0.15) is 5.82 Å². The first-order valence-corrected chi connectivity index (χ1v) is 8.15. The molecule has 1 fully saturated rings. The maximum Gasteiger partial charge on any atom is 0.137 e. The highest BCUT2D eigenvalue weighted by atomic mass is 79.9. The average molecular weight is 344 g/mol. The van der Waals surface area contributed by atoms with Crippen LogP contribution in [0.4, 0.5) is 4.39 Å². The van der Waals surface area contributed by atoms with Crippen LogP contribution in [0.5, 0.6) is 0 Å². The van der Waals surface area contributed by atoms with Gasteiger partial charge in [-0.15, -0.1) is 0 Å². The number of rotatable bonds is 8. The summed E-state index contributed by atoms with van der Waals surface area (Å²) in [6, 6.07) is 5.47. The Morgan fingerprint density at radius 3 is 2.80 bits per heavy atom. The molecule has 2 nitrogen and oxygen atoms in total. The Balaban J connectivity index is 2.11. The molecule has 2 atom stereocenters. The van der Waals surface area contributed by atoms with Gasteiger partial charge in [-0.25, -0.2) is 4.39 Å². The minimum absolute atomic E-state index is 0.197. The summed E-state index contributed by atoms with van der Waals surface area (Å²) in [6.45, 7) is 3.12. The molecule has 1 N–H and O–H groups in total. The van der Waals surface area contributed by atoms with E-state index < -0.39 is 0 Å². The fourth-order valence-electron chi connectivity index (χ4n) is 2.69. The summed E-state index contributed by atoms with van der Waals surface area (Å²) >= 11 is 3.36. The van der Waals surface area contributed by atoms with Crippen LogP contribution in [0.1, 0.15) is 31.7 Å². The highest BCUT2D eigenvalue weighted by molar-refractivity contribution is 9.10. The first-order chi connectivity index (χ1) is 9.67. The van der Waals surface area contributed by atoms with E-state index in [1.807, 2.05) is 6.07 Å². The molecule has 0 bridgehead atoms. The fourth-order valence-corrected chi connectivity index (χ4v) is 3.11. The summed E-state index contributed by atoms with van der Waals surface area (Å²) in [5.74, 6) is 0.457. The number of halogens is 2. The molecule has 1 aliphatic carbocycles. The predicted molar refractivity (Wildman–Crippen MR) is 83.4 cm³/mol. The summed E-state index contributed by atoms with van der Waals surface area (Å²) in [6.07, 6.45) is 4.58. The van der Waals surface area contributed by atoms with E-state index in [0.717, 1.165) is 24.9 Å². The van der Waals surface area contributed by atoms with Crippen LogP contribution < -0.4 is 5.32 Å². The molecule has 1 aromatic rings. The smallest absolute Gasteiger partial charge is 0.137 e. The Bertz CT molecular complexity index is 436. The van der Waals surface area contributed by atoms with Gasteiger partial charge in [-0.1, -0.05) is 19.1 Å². The number of hydrogen-bond donors (Lipinski definition) is 1. The monoisotopic (exact) mass is 343 g/mol. The normalized spacial score (nSPS) is 18.0. The van der Waals surface area contributed by atoms with Gasteiger partial charge in [0.15, 0.2) is 0 Å². The van der Waals surface area contributed by atoms with Gasteiger partial charge in [0.25, 0.3) is 0 Å². The quantitative estimate of drug-likeness (QED) is 0.772. The van der Waals surface area contributed by atoms with Crippen molar-refractivity contribution in [1.82, 2.24) is 5.32 Å². The van der Waals surface area contributed by atoms with Crippen molar-refractivity contribution in [3.63, 3.8) is 0 Å². The van der Waals surface area contributed by atoms with Crippen molar-refractivity contribution in [3.8, 4) is 0 Å². The lowest BCUT2D eigenvalue weighted by atomic mass is 9.98. The van der Waals surface area contributed by atoms with Crippen LogP contribution in [-0.4, -0.2) is 25.8 Å². The van der Waals surface area contributed by atoms with Crippen molar-refractivity contribution in [2.45, 2.75) is 44.8 Å². The van der Waals surface area contributed by atoms with Gasteiger partial charge in [0, 0.05) is 13.2 Å². The zero-order chi connectivity index (χ0) is 14.5. The van der Waals surface area contributed by atoms with E-state index in [0.29, 0.717) is 10.4 Å². The van der Waals surface area contributed by atoms with Crippen LogP contribution in [0.25, 0.3) is 0 Å². The number of ether oxygens (including phenoxy) is 1. The van der Waals surface area contributed by atoms with Gasteiger partial charge >= 0.3 is 0 Å². The van der Waals surface area contributed by atoms with Gasteiger partial charge in [-0.3, -0.25) is 0 Å². The minimum Gasteiger partial charge on any atom is -0.380 e. The molecule has 0 aromatic heterocycles. The summed E-state index contributed by atoms with van der Waals surface area (Å²) in [7, 11) is 1.78. The van der Waals surface area contributed by atoms with Crippen LogP contribution >= 0.6 is 15.9 Å². The van der Waals surface area contributed by atoms with Gasteiger partial charge < -0.3 is 10.1 Å². The number of methoxy groups -OCH3 is 1. The lowest BCUT2D eigenvalue weighted by Crippen LogP contribution is -2.44. The highest BCUT2D eigenvalue weighted by Gasteiger charge is 2.36. The van der Waals surface area contributed by atoms with E-state index >= 15 is 0 Å². The van der Waals surface area contributed by atoms with Crippen LogP contribution in [0, 0.1) is 11.7 Å². The van der Waals surface area contributed by atoms with Crippen molar-refractivity contribution >= 4 is 15.9 Å². The third kappa shape index (κ3) is 4.03. The minimum atomic E-state index is -0.197. The summed E-state index contributed by atoms with van der Waals surface area (Å²) in [5.41, 5.74) is 1.00. The van der Waals surface area contributed by atoms with E-state index in [-0.39, 0.29) is 18.0 Å². The summed E-state index contributed by atoms with van der Waals surface area (Å²) in [4.78, 5) is 0.